The van der Waals surface area contributed by atoms with Crippen LogP contribution in [0, 0.1) is 11.8 Å². The van der Waals surface area contributed by atoms with E-state index in [1.165, 1.54) is 6.42 Å². The standard InChI is InChI=1S/C18H16Cl2N4/c1-10-13-6-11(13)8-24(10)16-7-15(23-5-4-21-9-23)12-2-3-14(19)17(20)18(12)22-16/h2-5,7,9-11,13H,6,8H2,1H3/t10-,11+,13-/m1/s1. The van der Waals surface area contributed by atoms with E-state index < -0.39 is 0 Å². The Bertz CT molecular complexity index is 938. The van der Waals surface area contributed by atoms with Crippen molar-refractivity contribution >= 4 is 39.9 Å². The van der Waals surface area contributed by atoms with Crippen LogP contribution < -0.4 is 4.90 Å². The molecule has 5 rings (SSSR count). The van der Waals surface area contributed by atoms with Crippen molar-refractivity contribution in [1.82, 2.24) is 14.5 Å². The zero-order valence-corrected chi connectivity index (χ0v) is 14.7. The monoisotopic (exact) mass is 358 g/mol. The van der Waals surface area contributed by atoms with Crippen LogP contribution in [-0.4, -0.2) is 27.1 Å². The molecule has 122 valence electrons. The molecule has 0 amide bonds. The lowest BCUT2D eigenvalue weighted by Crippen LogP contribution is -2.31. The lowest BCUT2D eigenvalue weighted by atomic mass is 10.1. The summed E-state index contributed by atoms with van der Waals surface area (Å²) in [6, 6.07) is 6.45. The van der Waals surface area contributed by atoms with Crippen LogP contribution in [0.25, 0.3) is 16.6 Å². The summed E-state index contributed by atoms with van der Waals surface area (Å²) in [5.41, 5.74) is 1.77. The first-order valence-corrected chi connectivity index (χ1v) is 8.93. The van der Waals surface area contributed by atoms with Crippen LogP contribution in [0.2, 0.25) is 10.0 Å². The van der Waals surface area contributed by atoms with Crippen LogP contribution in [0.5, 0.6) is 0 Å². The summed E-state index contributed by atoms with van der Waals surface area (Å²) in [7, 11) is 0. The van der Waals surface area contributed by atoms with Gasteiger partial charge >= 0.3 is 0 Å². The Morgan fingerprint density at radius 1 is 1.25 bits per heavy atom. The third-order valence-corrected chi connectivity index (χ3v) is 6.23. The predicted molar refractivity (Wildman–Crippen MR) is 97.3 cm³/mol. The van der Waals surface area contributed by atoms with Gasteiger partial charge in [0.05, 0.1) is 27.6 Å². The minimum absolute atomic E-state index is 0.509. The molecule has 2 fully saturated rings. The third-order valence-electron chi connectivity index (χ3n) is 5.43. The van der Waals surface area contributed by atoms with Gasteiger partial charge in [0.15, 0.2) is 0 Å². The highest BCUT2D eigenvalue weighted by atomic mass is 35.5. The molecule has 0 spiro atoms. The molecular formula is C18H16Cl2N4. The van der Waals surface area contributed by atoms with Crippen LogP contribution >= 0.6 is 23.2 Å². The average Bonchev–Trinajstić information content (AvgIpc) is 3.01. The Kier molecular flexibility index (Phi) is 3.10. The zero-order valence-electron chi connectivity index (χ0n) is 13.2. The number of rotatable bonds is 2. The molecule has 3 heterocycles. The van der Waals surface area contributed by atoms with Gasteiger partial charge in [0, 0.05) is 36.4 Å². The van der Waals surface area contributed by atoms with E-state index in [-0.39, 0.29) is 0 Å². The SMILES string of the molecule is C[C@@H]1[C@H]2C[C@H]2CN1c1cc(-n2ccnc2)c2ccc(Cl)c(Cl)c2n1. The average molecular weight is 359 g/mol. The lowest BCUT2D eigenvalue weighted by molar-refractivity contribution is 0.643. The molecular weight excluding hydrogens is 343 g/mol. The molecule has 4 nitrogen and oxygen atoms in total. The molecule has 1 aromatic carbocycles. The highest BCUT2D eigenvalue weighted by Crippen LogP contribution is 2.50. The molecule has 1 aliphatic carbocycles. The van der Waals surface area contributed by atoms with Gasteiger partial charge in [0.2, 0.25) is 0 Å². The summed E-state index contributed by atoms with van der Waals surface area (Å²) in [6.45, 7) is 3.37. The number of hydrogen-bond donors (Lipinski definition) is 0. The number of hydrogen-bond acceptors (Lipinski definition) is 3. The maximum Gasteiger partial charge on any atom is 0.131 e. The minimum Gasteiger partial charge on any atom is -0.353 e. The van der Waals surface area contributed by atoms with E-state index in [2.05, 4.69) is 22.9 Å². The van der Waals surface area contributed by atoms with E-state index in [0.717, 1.165) is 40.8 Å². The number of nitrogens with zero attached hydrogens (tertiary/aromatic N) is 4. The van der Waals surface area contributed by atoms with Crippen molar-refractivity contribution in [2.75, 3.05) is 11.4 Å². The fourth-order valence-corrected chi connectivity index (χ4v) is 4.35. The van der Waals surface area contributed by atoms with Crippen molar-refractivity contribution in [2.45, 2.75) is 19.4 Å². The molecule has 6 heteroatoms. The number of aromatic nitrogens is 3. The van der Waals surface area contributed by atoms with Crippen molar-refractivity contribution in [3.8, 4) is 5.69 Å². The fourth-order valence-electron chi connectivity index (χ4n) is 3.99. The van der Waals surface area contributed by atoms with Crippen molar-refractivity contribution < 1.29 is 0 Å². The van der Waals surface area contributed by atoms with Crippen molar-refractivity contribution in [2.24, 2.45) is 11.8 Å². The van der Waals surface area contributed by atoms with Gasteiger partial charge in [-0.25, -0.2) is 9.97 Å². The maximum atomic E-state index is 6.47. The number of anilines is 1. The Hall–Kier alpha value is -1.78. The first-order valence-electron chi connectivity index (χ1n) is 8.17. The number of halogens is 2. The van der Waals surface area contributed by atoms with Gasteiger partial charge in [-0.2, -0.15) is 0 Å². The Morgan fingerprint density at radius 2 is 2.12 bits per heavy atom. The third kappa shape index (κ3) is 2.06. The van der Waals surface area contributed by atoms with Gasteiger partial charge in [-0.1, -0.05) is 23.2 Å². The van der Waals surface area contributed by atoms with E-state index >= 15 is 0 Å². The predicted octanol–water partition coefficient (Wildman–Crippen LogP) is 4.57. The second-order valence-electron chi connectivity index (χ2n) is 6.78. The quantitative estimate of drug-likeness (QED) is 0.672. The summed E-state index contributed by atoms with van der Waals surface area (Å²) in [6.07, 6.45) is 6.86. The van der Waals surface area contributed by atoms with E-state index in [1.54, 1.807) is 12.5 Å². The molecule has 2 aromatic heterocycles. The summed E-state index contributed by atoms with van der Waals surface area (Å²) in [5.74, 6) is 2.60. The Labute approximate surface area is 150 Å². The highest BCUT2D eigenvalue weighted by molar-refractivity contribution is 6.45. The molecule has 0 unspecified atom stereocenters. The topological polar surface area (TPSA) is 34.0 Å². The molecule has 0 bridgehead atoms. The Morgan fingerprint density at radius 3 is 2.83 bits per heavy atom. The highest BCUT2D eigenvalue weighted by Gasteiger charge is 2.50. The van der Waals surface area contributed by atoms with E-state index in [9.17, 15) is 0 Å². The summed E-state index contributed by atoms with van der Waals surface area (Å²) < 4.78 is 2.00. The number of fused-ring (bicyclic) bond motifs is 2. The largest absolute Gasteiger partial charge is 0.353 e. The van der Waals surface area contributed by atoms with Crippen LogP contribution in [0.1, 0.15) is 13.3 Å². The van der Waals surface area contributed by atoms with Gasteiger partial charge in [0.1, 0.15) is 5.82 Å². The molecule has 1 saturated carbocycles. The number of pyridine rings is 1. The lowest BCUT2D eigenvalue weighted by Gasteiger charge is -2.27. The van der Waals surface area contributed by atoms with Crippen LogP contribution in [0.3, 0.4) is 0 Å². The molecule has 3 atom stereocenters. The Balaban J connectivity index is 1.75. The molecule has 0 radical (unpaired) electrons. The number of benzene rings is 1. The first kappa shape index (κ1) is 14.6. The van der Waals surface area contributed by atoms with Gasteiger partial charge in [0.25, 0.3) is 0 Å². The minimum atomic E-state index is 0.509. The smallest absolute Gasteiger partial charge is 0.131 e. The summed E-state index contributed by atoms with van der Waals surface area (Å²) in [5, 5.41) is 2.01. The van der Waals surface area contributed by atoms with Gasteiger partial charge in [-0.3, -0.25) is 0 Å². The first-order chi connectivity index (χ1) is 11.6. The second-order valence-corrected chi connectivity index (χ2v) is 7.56. The summed E-state index contributed by atoms with van der Waals surface area (Å²) in [4.78, 5) is 11.4. The number of imidazole rings is 1. The van der Waals surface area contributed by atoms with Crippen LogP contribution in [-0.2, 0) is 0 Å². The van der Waals surface area contributed by atoms with Gasteiger partial charge in [-0.15, -0.1) is 0 Å². The van der Waals surface area contributed by atoms with E-state index in [0.29, 0.717) is 16.1 Å². The molecule has 0 N–H and O–H groups in total. The van der Waals surface area contributed by atoms with Gasteiger partial charge < -0.3 is 9.47 Å². The molecule has 1 saturated heterocycles. The van der Waals surface area contributed by atoms with Crippen molar-refractivity contribution in [1.29, 1.82) is 0 Å². The van der Waals surface area contributed by atoms with E-state index in [4.69, 9.17) is 28.2 Å². The maximum absolute atomic E-state index is 6.47. The second kappa shape index (κ2) is 5.11. The number of piperidine rings is 1. The molecule has 3 aromatic rings. The van der Waals surface area contributed by atoms with Crippen LogP contribution in [0.4, 0.5) is 5.82 Å². The van der Waals surface area contributed by atoms with E-state index in [1.807, 2.05) is 22.9 Å². The van der Waals surface area contributed by atoms with Crippen molar-refractivity contribution in [3.05, 3.63) is 47.0 Å². The molecule has 24 heavy (non-hydrogen) atoms. The zero-order chi connectivity index (χ0) is 16.4. The summed E-state index contributed by atoms with van der Waals surface area (Å²) >= 11 is 12.7. The fraction of sp³-hybridized carbons (Fsp3) is 0.333. The van der Waals surface area contributed by atoms with Gasteiger partial charge in [-0.05, 0) is 37.3 Å². The van der Waals surface area contributed by atoms with Crippen LogP contribution in [0.15, 0.2) is 36.9 Å². The molecule has 2 aliphatic rings. The molecule has 1 aliphatic heterocycles. The van der Waals surface area contributed by atoms with Crippen molar-refractivity contribution in [3.63, 3.8) is 0 Å². The normalized spacial score (nSPS) is 25.3.